The molecule has 0 bridgehead atoms. The fourth-order valence-electron chi connectivity index (χ4n) is 1.44. The van der Waals surface area contributed by atoms with Crippen LogP contribution in [0.25, 0.3) is 0 Å². The zero-order chi connectivity index (χ0) is 11.9. The zero-order valence-electron chi connectivity index (χ0n) is 9.54. The molecule has 0 aliphatic carbocycles. The van der Waals surface area contributed by atoms with Crippen molar-refractivity contribution in [2.24, 2.45) is 5.73 Å². The second-order valence-electron chi connectivity index (χ2n) is 3.67. The molecular formula is C13H15N3O. The molecule has 2 rings (SSSR count). The van der Waals surface area contributed by atoms with E-state index in [9.17, 15) is 0 Å². The summed E-state index contributed by atoms with van der Waals surface area (Å²) in [6.07, 6.45) is 6.05. The summed E-state index contributed by atoms with van der Waals surface area (Å²) in [5.74, 6) is 0.759. The van der Waals surface area contributed by atoms with E-state index in [1.807, 2.05) is 24.3 Å². The Bertz CT molecular complexity index is 442. The van der Waals surface area contributed by atoms with Crippen LogP contribution in [-0.2, 0) is 13.0 Å². The molecular weight excluding hydrogens is 214 g/mol. The van der Waals surface area contributed by atoms with Gasteiger partial charge in [-0.05, 0) is 24.7 Å². The van der Waals surface area contributed by atoms with Gasteiger partial charge in [-0.3, -0.25) is 9.97 Å². The summed E-state index contributed by atoms with van der Waals surface area (Å²) in [7, 11) is 0. The van der Waals surface area contributed by atoms with Crippen molar-refractivity contribution in [1.82, 2.24) is 9.97 Å². The van der Waals surface area contributed by atoms with E-state index in [1.165, 1.54) is 0 Å². The second kappa shape index (κ2) is 5.96. The minimum Gasteiger partial charge on any atom is -0.487 e. The average molecular weight is 229 g/mol. The summed E-state index contributed by atoms with van der Waals surface area (Å²) in [4.78, 5) is 8.29. The van der Waals surface area contributed by atoms with Gasteiger partial charge in [-0.15, -0.1) is 0 Å². The summed E-state index contributed by atoms with van der Waals surface area (Å²) < 4.78 is 5.59. The van der Waals surface area contributed by atoms with Crippen molar-refractivity contribution in [3.63, 3.8) is 0 Å². The SMILES string of the molecule is NCCc1ccc(OCc2cccnc2)cn1. The van der Waals surface area contributed by atoms with Crippen molar-refractivity contribution >= 4 is 0 Å². The lowest BCUT2D eigenvalue weighted by Gasteiger charge is -2.06. The van der Waals surface area contributed by atoms with E-state index >= 15 is 0 Å². The van der Waals surface area contributed by atoms with E-state index < -0.39 is 0 Å². The molecule has 0 amide bonds. The highest BCUT2D eigenvalue weighted by molar-refractivity contribution is 5.20. The van der Waals surface area contributed by atoms with Gasteiger partial charge in [0.05, 0.1) is 6.20 Å². The predicted molar refractivity (Wildman–Crippen MR) is 65.6 cm³/mol. The molecule has 0 radical (unpaired) electrons. The first-order valence-corrected chi connectivity index (χ1v) is 5.55. The van der Waals surface area contributed by atoms with Crippen LogP contribution >= 0.6 is 0 Å². The average Bonchev–Trinajstić information content (AvgIpc) is 2.40. The number of rotatable bonds is 5. The summed E-state index contributed by atoms with van der Waals surface area (Å²) in [5.41, 5.74) is 7.48. The first kappa shape index (κ1) is 11.5. The third-order valence-electron chi connectivity index (χ3n) is 2.33. The van der Waals surface area contributed by atoms with Crippen molar-refractivity contribution in [2.45, 2.75) is 13.0 Å². The molecule has 17 heavy (non-hydrogen) atoms. The summed E-state index contributed by atoms with van der Waals surface area (Å²) >= 11 is 0. The number of hydrogen-bond donors (Lipinski definition) is 1. The van der Waals surface area contributed by atoms with Gasteiger partial charge < -0.3 is 10.5 Å². The van der Waals surface area contributed by atoms with Gasteiger partial charge >= 0.3 is 0 Å². The molecule has 0 aliphatic rings. The minimum atomic E-state index is 0.506. The van der Waals surface area contributed by atoms with Crippen LogP contribution in [-0.4, -0.2) is 16.5 Å². The van der Waals surface area contributed by atoms with E-state index in [4.69, 9.17) is 10.5 Å². The Balaban J connectivity index is 1.91. The van der Waals surface area contributed by atoms with Crippen LogP contribution in [0.5, 0.6) is 5.75 Å². The van der Waals surface area contributed by atoms with Crippen LogP contribution in [0, 0.1) is 0 Å². The van der Waals surface area contributed by atoms with Gasteiger partial charge in [0.25, 0.3) is 0 Å². The number of nitrogens with zero attached hydrogens (tertiary/aromatic N) is 2. The van der Waals surface area contributed by atoms with Crippen molar-refractivity contribution < 1.29 is 4.74 Å². The zero-order valence-corrected chi connectivity index (χ0v) is 9.54. The first-order chi connectivity index (χ1) is 8.38. The van der Waals surface area contributed by atoms with Gasteiger partial charge in [0.15, 0.2) is 0 Å². The van der Waals surface area contributed by atoms with Crippen molar-refractivity contribution in [2.75, 3.05) is 6.54 Å². The van der Waals surface area contributed by atoms with Crippen LogP contribution < -0.4 is 10.5 Å². The molecule has 88 valence electrons. The van der Waals surface area contributed by atoms with E-state index in [0.717, 1.165) is 23.4 Å². The smallest absolute Gasteiger partial charge is 0.138 e. The molecule has 0 spiro atoms. The van der Waals surface area contributed by atoms with Crippen LogP contribution in [0.2, 0.25) is 0 Å². The minimum absolute atomic E-state index is 0.506. The fourth-order valence-corrected chi connectivity index (χ4v) is 1.44. The number of hydrogen-bond acceptors (Lipinski definition) is 4. The molecule has 2 aromatic rings. The lowest BCUT2D eigenvalue weighted by atomic mass is 10.2. The molecule has 0 atom stereocenters. The van der Waals surface area contributed by atoms with Crippen LogP contribution in [0.4, 0.5) is 0 Å². The van der Waals surface area contributed by atoms with Crippen molar-refractivity contribution in [3.8, 4) is 5.75 Å². The molecule has 0 fully saturated rings. The fraction of sp³-hybridized carbons (Fsp3) is 0.231. The summed E-state index contributed by atoms with van der Waals surface area (Å²) in [6, 6.07) is 7.71. The number of nitrogens with two attached hydrogens (primary N) is 1. The monoisotopic (exact) mass is 229 g/mol. The Hall–Kier alpha value is -1.94. The Kier molecular flexibility index (Phi) is 4.05. The Morgan fingerprint density at radius 3 is 2.76 bits per heavy atom. The van der Waals surface area contributed by atoms with Gasteiger partial charge in [0.2, 0.25) is 0 Å². The molecule has 0 saturated carbocycles. The lowest BCUT2D eigenvalue weighted by Crippen LogP contribution is -2.04. The number of ether oxygens (including phenoxy) is 1. The molecule has 2 N–H and O–H groups in total. The quantitative estimate of drug-likeness (QED) is 0.845. The third-order valence-corrected chi connectivity index (χ3v) is 2.33. The van der Waals surface area contributed by atoms with Gasteiger partial charge in [0.1, 0.15) is 12.4 Å². The van der Waals surface area contributed by atoms with E-state index in [-0.39, 0.29) is 0 Å². The third kappa shape index (κ3) is 3.53. The van der Waals surface area contributed by atoms with Gasteiger partial charge in [-0.2, -0.15) is 0 Å². The van der Waals surface area contributed by atoms with Crippen LogP contribution in [0.3, 0.4) is 0 Å². The van der Waals surface area contributed by atoms with Crippen LogP contribution in [0.1, 0.15) is 11.3 Å². The maximum absolute atomic E-state index is 5.59. The first-order valence-electron chi connectivity index (χ1n) is 5.55. The number of aromatic nitrogens is 2. The second-order valence-corrected chi connectivity index (χ2v) is 3.67. The molecule has 4 nitrogen and oxygen atoms in total. The van der Waals surface area contributed by atoms with E-state index in [0.29, 0.717) is 13.2 Å². The predicted octanol–water partition coefficient (Wildman–Crippen LogP) is 1.56. The normalized spacial score (nSPS) is 10.2. The molecule has 4 heteroatoms. The van der Waals surface area contributed by atoms with Crippen LogP contribution in [0.15, 0.2) is 42.9 Å². The maximum atomic E-state index is 5.59. The van der Waals surface area contributed by atoms with E-state index in [2.05, 4.69) is 9.97 Å². The standard InChI is InChI=1S/C13H15N3O/c14-6-5-12-3-4-13(9-16-12)17-10-11-2-1-7-15-8-11/h1-4,7-9H,5-6,10,14H2. The number of pyridine rings is 2. The maximum Gasteiger partial charge on any atom is 0.138 e. The largest absolute Gasteiger partial charge is 0.487 e. The Morgan fingerprint density at radius 2 is 2.12 bits per heavy atom. The molecule has 0 saturated heterocycles. The summed E-state index contributed by atoms with van der Waals surface area (Å²) in [6.45, 7) is 1.12. The highest BCUT2D eigenvalue weighted by Crippen LogP contribution is 2.11. The Morgan fingerprint density at radius 1 is 1.18 bits per heavy atom. The molecule has 2 aromatic heterocycles. The highest BCUT2D eigenvalue weighted by Gasteiger charge is 1.97. The highest BCUT2D eigenvalue weighted by atomic mass is 16.5. The Labute approximate surface area is 100 Å². The topological polar surface area (TPSA) is 61.0 Å². The van der Waals surface area contributed by atoms with Crippen molar-refractivity contribution in [1.29, 1.82) is 0 Å². The molecule has 0 unspecified atom stereocenters. The van der Waals surface area contributed by atoms with Gasteiger partial charge in [0, 0.05) is 30.1 Å². The van der Waals surface area contributed by atoms with Gasteiger partial charge in [-0.25, -0.2) is 0 Å². The van der Waals surface area contributed by atoms with E-state index in [1.54, 1.807) is 18.6 Å². The molecule has 0 aromatic carbocycles. The molecule has 2 heterocycles. The summed E-state index contributed by atoms with van der Waals surface area (Å²) in [5, 5.41) is 0. The molecule has 0 aliphatic heterocycles. The lowest BCUT2D eigenvalue weighted by molar-refractivity contribution is 0.304. The van der Waals surface area contributed by atoms with Gasteiger partial charge in [-0.1, -0.05) is 6.07 Å². The van der Waals surface area contributed by atoms with Crippen molar-refractivity contribution in [3.05, 3.63) is 54.1 Å².